The fourth-order valence-corrected chi connectivity index (χ4v) is 4.18. The van der Waals surface area contributed by atoms with Crippen LogP contribution in [-0.2, 0) is 17.9 Å². The number of esters is 1. The van der Waals surface area contributed by atoms with E-state index >= 15 is 0 Å². The number of anilines is 1. The maximum atomic E-state index is 12.2. The van der Waals surface area contributed by atoms with Crippen molar-refractivity contribution in [1.82, 2.24) is 4.98 Å². The smallest absolute Gasteiger partial charge is 0.341 e. The average molecular weight is 431 g/mol. The molecule has 1 aliphatic rings. The maximum absolute atomic E-state index is 12.2. The van der Waals surface area contributed by atoms with Crippen molar-refractivity contribution in [3.8, 4) is 5.75 Å². The molecule has 1 saturated carbocycles. The summed E-state index contributed by atoms with van der Waals surface area (Å²) in [6, 6.07) is 19.6. The number of rotatable bonds is 8. The number of benzene rings is 2. The Balaban J connectivity index is 1.42. The summed E-state index contributed by atoms with van der Waals surface area (Å²) in [5.74, 6) is 0.735. The van der Waals surface area contributed by atoms with Gasteiger partial charge in [0.25, 0.3) is 0 Å². The Morgan fingerprint density at radius 1 is 1.03 bits per heavy atom. The molecular formula is C27H30N2O3. The number of nitrogens with one attached hydrogen (secondary N) is 1. The van der Waals surface area contributed by atoms with Gasteiger partial charge < -0.3 is 14.8 Å². The number of carbonyl (C=O) groups is 1. The predicted molar refractivity (Wildman–Crippen MR) is 126 cm³/mol. The van der Waals surface area contributed by atoms with Crippen LogP contribution in [0.3, 0.4) is 0 Å². The van der Waals surface area contributed by atoms with Crippen LogP contribution in [0.2, 0.25) is 0 Å². The Kier molecular flexibility index (Phi) is 7.38. The molecule has 3 aromatic rings. The first-order chi connectivity index (χ1) is 15.7. The molecule has 0 bridgehead atoms. The molecule has 1 heterocycles. The van der Waals surface area contributed by atoms with Gasteiger partial charge in [-0.1, -0.05) is 55.7 Å². The van der Waals surface area contributed by atoms with Crippen molar-refractivity contribution in [3.05, 3.63) is 89.2 Å². The Bertz CT molecular complexity index is 1010. The number of pyridine rings is 1. The van der Waals surface area contributed by atoms with E-state index in [2.05, 4.69) is 22.4 Å². The van der Waals surface area contributed by atoms with E-state index in [9.17, 15) is 4.79 Å². The highest BCUT2D eigenvalue weighted by molar-refractivity contribution is 5.93. The normalized spacial score (nSPS) is 14.0. The van der Waals surface area contributed by atoms with Crippen LogP contribution in [0.5, 0.6) is 5.75 Å². The minimum absolute atomic E-state index is 0.373. The number of ether oxygens (including phenoxy) is 2. The minimum atomic E-state index is -0.417. The third-order valence-electron chi connectivity index (χ3n) is 6.02. The van der Waals surface area contributed by atoms with Crippen molar-refractivity contribution in [1.29, 1.82) is 0 Å². The van der Waals surface area contributed by atoms with E-state index in [0.717, 1.165) is 16.9 Å². The van der Waals surface area contributed by atoms with Gasteiger partial charge in [-0.3, -0.25) is 4.98 Å². The third kappa shape index (κ3) is 5.67. The summed E-state index contributed by atoms with van der Waals surface area (Å²) in [5, 5.41) is 3.39. The Morgan fingerprint density at radius 3 is 2.56 bits per heavy atom. The van der Waals surface area contributed by atoms with Gasteiger partial charge in [0.05, 0.1) is 19.3 Å². The van der Waals surface area contributed by atoms with E-state index in [1.807, 2.05) is 48.7 Å². The maximum Gasteiger partial charge on any atom is 0.341 e. The summed E-state index contributed by atoms with van der Waals surface area (Å²) < 4.78 is 10.9. The first-order valence-corrected chi connectivity index (χ1v) is 11.3. The highest BCUT2D eigenvalue weighted by Crippen LogP contribution is 2.32. The van der Waals surface area contributed by atoms with E-state index < -0.39 is 5.97 Å². The molecule has 1 aliphatic carbocycles. The monoisotopic (exact) mass is 430 g/mol. The van der Waals surface area contributed by atoms with E-state index in [0.29, 0.717) is 30.4 Å². The molecule has 1 aromatic heterocycles. The summed E-state index contributed by atoms with van der Waals surface area (Å²) in [6.45, 7) is 0.971. The minimum Gasteiger partial charge on any atom is -0.488 e. The second-order valence-corrected chi connectivity index (χ2v) is 8.25. The van der Waals surface area contributed by atoms with Crippen LogP contribution in [-0.4, -0.2) is 18.1 Å². The molecule has 0 radical (unpaired) electrons. The molecule has 0 amide bonds. The topological polar surface area (TPSA) is 60.5 Å². The molecule has 5 nitrogen and oxygen atoms in total. The highest BCUT2D eigenvalue weighted by atomic mass is 16.5. The molecule has 5 heteroatoms. The Morgan fingerprint density at radius 2 is 1.84 bits per heavy atom. The Hall–Kier alpha value is -3.34. The highest BCUT2D eigenvalue weighted by Gasteiger charge is 2.16. The van der Waals surface area contributed by atoms with Gasteiger partial charge in [-0.05, 0) is 48.1 Å². The van der Waals surface area contributed by atoms with Crippen LogP contribution in [0.4, 0.5) is 5.69 Å². The van der Waals surface area contributed by atoms with Crippen molar-refractivity contribution in [3.63, 3.8) is 0 Å². The van der Waals surface area contributed by atoms with Gasteiger partial charge >= 0.3 is 5.97 Å². The average Bonchev–Trinajstić information content (AvgIpc) is 2.87. The number of carbonyl (C=O) groups excluding carboxylic acids is 1. The Labute approximate surface area is 189 Å². The molecule has 4 rings (SSSR count). The van der Waals surface area contributed by atoms with Crippen LogP contribution >= 0.6 is 0 Å². The van der Waals surface area contributed by atoms with Crippen molar-refractivity contribution < 1.29 is 14.3 Å². The largest absolute Gasteiger partial charge is 0.488 e. The number of nitrogens with zero attached hydrogens (tertiary/aromatic N) is 1. The fourth-order valence-electron chi connectivity index (χ4n) is 4.18. The molecule has 1 fully saturated rings. The lowest BCUT2D eigenvalue weighted by atomic mass is 9.85. The van der Waals surface area contributed by atoms with Crippen molar-refractivity contribution in [2.24, 2.45) is 0 Å². The molecule has 0 atom stereocenters. The zero-order chi connectivity index (χ0) is 22.2. The van der Waals surface area contributed by atoms with Crippen molar-refractivity contribution >= 4 is 11.7 Å². The molecule has 0 unspecified atom stereocenters. The summed E-state index contributed by atoms with van der Waals surface area (Å²) >= 11 is 0. The van der Waals surface area contributed by atoms with E-state index in [1.165, 1.54) is 44.8 Å². The van der Waals surface area contributed by atoms with Crippen molar-refractivity contribution in [2.75, 3.05) is 12.4 Å². The van der Waals surface area contributed by atoms with E-state index in [4.69, 9.17) is 9.47 Å². The van der Waals surface area contributed by atoms with E-state index in [-0.39, 0.29) is 0 Å². The standard InChI is InChI=1S/C27H30N2O3/c1-31-27(30)25-15-14-23(16-26(25)32-19-20-8-4-2-5-9-20)29-18-24-13-12-22(17-28-24)21-10-6-3-7-11-21/h2,4-5,8-9,12-17,21,29H,3,6-7,10-11,18-19H2,1H3. The number of aromatic nitrogens is 1. The second-order valence-electron chi connectivity index (χ2n) is 8.25. The third-order valence-corrected chi connectivity index (χ3v) is 6.02. The molecular weight excluding hydrogens is 400 g/mol. The lowest BCUT2D eigenvalue weighted by molar-refractivity contribution is 0.0595. The molecule has 2 aromatic carbocycles. The van der Waals surface area contributed by atoms with Gasteiger partial charge in [-0.2, -0.15) is 0 Å². The first-order valence-electron chi connectivity index (χ1n) is 11.3. The SMILES string of the molecule is COC(=O)c1ccc(NCc2ccc(C3CCCCC3)cn2)cc1OCc1ccccc1. The summed E-state index contributed by atoms with van der Waals surface area (Å²) in [5.41, 5.74) is 4.63. The molecule has 32 heavy (non-hydrogen) atoms. The van der Waals surface area contributed by atoms with Gasteiger partial charge in [0.2, 0.25) is 0 Å². The number of hydrogen-bond donors (Lipinski definition) is 1. The molecule has 0 saturated heterocycles. The molecule has 0 spiro atoms. The summed E-state index contributed by atoms with van der Waals surface area (Å²) in [6.07, 6.45) is 8.59. The van der Waals surface area contributed by atoms with E-state index in [1.54, 1.807) is 6.07 Å². The van der Waals surface area contributed by atoms with Crippen molar-refractivity contribution in [2.45, 2.75) is 51.2 Å². The molecule has 166 valence electrons. The second kappa shape index (κ2) is 10.8. The van der Waals surface area contributed by atoms with Crippen LogP contribution in [0, 0.1) is 0 Å². The van der Waals surface area contributed by atoms with Crippen LogP contribution in [0.1, 0.15) is 65.2 Å². The zero-order valence-corrected chi connectivity index (χ0v) is 18.5. The summed E-state index contributed by atoms with van der Waals surface area (Å²) in [4.78, 5) is 16.8. The lowest BCUT2D eigenvalue weighted by Gasteiger charge is -2.21. The van der Waals surface area contributed by atoms with Crippen LogP contribution in [0.15, 0.2) is 66.9 Å². The van der Waals surface area contributed by atoms with Crippen LogP contribution < -0.4 is 10.1 Å². The van der Waals surface area contributed by atoms with Gasteiger partial charge in [-0.15, -0.1) is 0 Å². The summed E-state index contributed by atoms with van der Waals surface area (Å²) in [7, 11) is 1.37. The van der Waals surface area contributed by atoms with Gasteiger partial charge in [-0.25, -0.2) is 4.79 Å². The first kappa shape index (κ1) is 21.9. The molecule has 0 aliphatic heterocycles. The zero-order valence-electron chi connectivity index (χ0n) is 18.5. The fraction of sp³-hybridized carbons (Fsp3) is 0.333. The lowest BCUT2D eigenvalue weighted by Crippen LogP contribution is -2.08. The quantitative estimate of drug-likeness (QED) is 0.437. The van der Waals surface area contributed by atoms with Crippen LogP contribution in [0.25, 0.3) is 0 Å². The van der Waals surface area contributed by atoms with Gasteiger partial charge in [0.15, 0.2) is 0 Å². The number of methoxy groups -OCH3 is 1. The number of hydrogen-bond acceptors (Lipinski definition) is 5. The van der Waals surface area contributed by atoms with Gasteiger partial charge in [0.1, 0.15) is 17.9 Å². The molecule has 1 N–H and O–H groups in total. The predicted octanol–water partition coefficient (Wildman–Crippen LogP) is 6.11. The van der Waals surface area contributed by atoms with Gasteiger partial charge in [0, 0.05) is 18.0 Å².